The molecular weight excluding hydrogens is 388 g/mol. The number of carbonyl (C=O) groups excluding carboxylic acids is 1. The minimum atomic E-state index is -1.82. The molecule has 0 aliphatic carbocycles. The van der Waals surface area contributed by atoms with Crippen molar-refractivity contribution in [3.8, 4) is 0 Å². The summed E-state index contributed by atoms with van der Waals surface area (Å²) in [4.78, 5) is 35.4. The molecule has 1 unspecified atom stereocenters. The maximum Gasteiger partial charge on any atom is 0.414 e. The standard InChI is InChI=1S/C20H30N2O2.C2H2O4/c1-19(2,3)24-18(23)22-14-8-12-20(22)11-7-13-21(16-20)15-17-9-5-4-6-10-17;3-1(4)2(5)6/h4-6,9-10H,7-8,11-16H2,1-3H3;(H,3,4)(H,5,6). The second-order valence-corrected chi connectivity index (χ2v) is 8.87. The van der Waals surface area contributed by atoms with E-state index >= 15 is 0 Å². The third-order valence-electron chi connectivity index (χ3n) is 5.28. The molecule has 30 heavy (non-hydrogen) atoms. The summed E-state index contributed by atoms with van der Waals surface area (Å²) < 4.78 is 5.67. The fourth-order valence-corrected chi connectivity index (χ4v) is 4.15. The number of ether oxygens (including phenoxy) is 1. The number of hydrogen-bond acceptors (Lipinski definition) is 5. The SMILES string of the molecule is CC(C)(C)OC(=O)N1CCCC12CCCN(Cc1ccccc1)C2.O=C(O)C(=O)O. The highest BCUT2D eigenvalue weighted by Crippen LogP contribution is 2.38. The number of hydrogen-bond donors (Lipinski definition) is 2. The molecule has 0 radical (unpaired) electrons. The van der Waals surface area contributed by atoms with Gasteiger partial charge in [-0.15, -0.1) is 0 Å². The molecule has 0 bridgehead atoms. The van der Waals surface area contributed by atoms with Gasteiger partial charge in [-0.2, -0.15) is 0 Å². The largest absolute Gasteiger partial charge is 0.473 e. The van der Waals surface area contributed by atoms with Crippen LogP contribution in [0.5, 0.6) is 0 Å². The van der Waals surface area contributed by atoms with E-state index in [0.717, 1.165) is 51.9 Å². The van der Waals surface area contributed by atoms with Crippen LogP contribution in [0.1, 0.15) is 52.0 Å². The van der Waals surface area contributed by atoms with E-state index in [1.165, 1.54) is 5.56 Å². The number of nitrogens with zero attached hydrogens (tertiary/aromatic N) is 2. The van der Waals surface area contributed by atoms with Crippen LogP contribution in [0.25, 0.3) is 0 Å². The first-order valence-corrected chi connectivity index (χ1v) is 10.3. The molecule has 2 aliphatic rings. The fourth-order valence-electron chi connectivity index (χ4n) is 4.15. The van der Waals surface area contributed by atoms with E-state index in [4.69, 9.17) is 24.5 Å². The van der Waals surface area contributed by atoms with Crippen molar-refractivity contribution in [1.82, 2.24) is 9.80 Å². The van der Waals surface area contributed by atoms with Crippen molar-refractivity contribution in [3.05, 3.63) is 35.9 Å². The minimum absolute atomic E-state index is 0.0324. The van der Waals surface area contributed by atoms with Gasteiger partial charge in [-0.1, -0.05) is 30.3 Å². The molecule has 1 spiro atoms. The maximum atomic E-state index is 12.7. The topological polar surface area (TPSA) is 107 Å². The molecule has 1 atom stereocenters. The molecule has 2 aliphatic heterocycles. The molecule has 8 nitrogen and oxygen atoms in total. The first-order valence-electron chi connectivity index (χ1n) is 10.3. The zero-order valence-electron chi connectivity index (χ0n) is 18.0. The lowest BCUT2D eigenvalue weighted by molar-refractivity contribution is -0.159. The molecule has 1 aromatic carbocycles. The predicted molar refractivity (Wildman–Crippen MR) is 111 cm³/mol. The first kappa shape index (κ1) is 23.7. The Morgan fingerprint density at radius 3 is 2.10 bits per heavy atom. The highest BCUT2D eigenvalue weighted by Gasteiger charge is 2.47. The highest BCUT2D eigenvalue weighted by atomic mass is 16.6. The van der Waals surface area contributed by atoms with E-state index in [9.17, 15) is 4.79 Å². The summed E-state index contributed by atoms with van der Waals surface area (Å²) in [6.07, 6.45) is 4.28. The second-order valence-electron chi connectivity index (χ2n) is 8.87. The van der Waals surface area contributed by atoms with Crippen molar-refractivity contribution in [2.75, 3.05) is 19.6 Å². The predicted octanol–water partition coefficient (Wildman–Crippen LogP) is 3.21. The van der Waals surface area contributed by atoms with Crippen LogP contribution in [0.3, 0.4) is 0 Å². The Morgan fingerprint density at radius 1 is 1.00 bits per heavy atom. The van der Waals surface area contributed by atoms with Gasteiger partial charge in [0.1, 0.15) is 5.60 Å². The molecule has 0 aromatic heterocycles. The molecule has 2 fully saturated rings. The summed E-state index contributed by atoms with van der Waals surface area (Å²) in [6.45, 7) is 9.68. The number of carboxylic acids is 2. The van der Waals surface area contributed by atoms with Crippen LogP contribution < -0.4 is 0 Å². The van der Waals surface area contributed by atoms with Gasteiger partial charge in [-0.3, -0.25) is 4.90 Å². The molecular formula is C22H32N2O6. The molecule has 166 valence electrons. The Labute approximate surface area is 177 Å². The maximum absolute atomic E-state index is 12.7. The van der Waals surface area contributed by atoms with Crippen LogP contribution >= 0.6 is 0 Å². The van der Waals surface area contributed by atoms with Crippen molar-refractivity contribution in [1.29, 1.82) is 0 Å². The Kier molecular flexibility index (Phi) is 7.83. The Hall–Kier alpha value is -2.61. The summed E-state index contributed by atoms with van der Waals surface area (Å²) in [7, 11) is 0. The number of carbonyl (C=O) groups is 3. The first-order chi connectivity index (χ1) is 14.0. The smallest absolute Gasteiger partial charge is 0.414 e. The van der Waals surface area contributed by atoms with E-state index in [1.807, 2.05) is 25.7 Å². The summed E-state index contributed by atoms with van der Waals surface area (Å²) in [6, 6.07) is 10.6. The second kappa shape index (κ2) is 9.93. The van der Waals surface area contributed by atoms with Gasteiger partial charge >= 0.3 is 18.0 Å². The van der Waals surface area contributed by atoms with Crippen LogP contribution in [0.4, 0.5) is 4.79 Å². The third-order valence-corrected chi connectivity index (χ3v) is 5.28. The summed E-state index contributed by atoms with van der Waals surface area (Å²) >= 11 is 0. The van der Waals surface area contributed by atoms with Gasteiger partial charge in [0, 0.05) is 19.6 Å². The third kappa shape index (κ3) is 6.73. The van der Waals surface area contributed by atoms with Crippen molar-refractivity contribution in [2.45, 2.75) is 64.1 Å². The Bertz CT molecular complexity index is 734. The Balaban J connectivity index is 0.000000469. The minimum Gasteiger partial charge on any atom is -0.473 e. The monoisotopic (exact) mass is 420 g/mol. The summed E-state index contributed by atoms with van der Waals surface area (Å²) in [5.41, 5.74) is 0.880. The average molecular weight is 421 g/mol. The number of aliphatic carboxylic acids is 2. The lowest BCUT2D eigenvalue weighted by atomic mass is 9.86. The number of benzene rings is 1. The van der Waals surface area contributed by atoms with E-state index in [-0.39, 0.29) is 11.6 Å². The number of piperidine rings is 1. The Morgan fingerprint density at radius 2 is 1.57 bits per heavy atom. The van der Waals surface area contributed by atoms with Crippen molar-refractivity contribution < 1.29 is 29.3 Å². The number of amides is 1. The van der Waals surface area contributed by atoms with Crippen LogP contribution in [0.15, 0.2) is 30.3 Å². The summed E-state index contributed by atoms with van der Waals surface area (Å²) in [5, 5.41) is 14.8. The van der Waals surface area contributed by atoms with E-state index < -0.39 is 17.5 Å². The van der Waals surface area contributed by atoms with Crippen LogP contribution in [0, 0.1) is 0 Å². The zero-order chi connectivity index (χ0) is 22.4. The number of rotatable bonds is 2. The summed E-state index contributed by atoms with van der Waals surface area (Å²) in [5.74, 6) is -3.65. The lowest BCUT2D eigenvalue weighted by Gasteiger charge is -2.46. The molecule has 0 saturated carbocycles. The number of carboxylic acid groups (broad SMARTS) is 2. The van der Waals surface area contributed by atoms with Gasteiger partial charge in [0.05, 0.1) is 5.54 Å². The van der Waals surface area contributed by atoms with Crippen LogP contribution in [-0.2, 0) is 20.9 Å². The molecule has 2 N–H and O–H groups in total. The van der Waals surface area contributed by atoms with Crippen molar-refractivity contribution in [2.24, 2.45) is 0 Å². The van der Waals surface area contributed by atoms with E-state index in [0.29, 0.717) is 0 Å². The average Bonchev–Trinajstić information content (AvgIpc) is 3.04. The molecule has 1 aromatic rings. The van der Waals surface area contributed by atoms with E-state index in [2.05, 4.69) is 35.2 Å². The zero-order valence-corrected chi connectivity index (χ0v) is 18.0. The molecule has 2 heterocycles. The van der Waals surface area contributed by atoms with Crippen LogP contribution in [-0.4, -0.2) is 68.8 Å². The quantitative estimate of drug-likeness (QED) is 0.708. The van der Waals surface area contributed by atoms with Crippen LogP contribution in [0.2, 0.25) is 0 Å². The van der Waals surface area contributed by atoms with Gasteiger partial charge in [-0.25, -0.2) is 14.4 Å². The van der Waals surface area contributed by atoms with E-state index in [1.54, 1.807) is 0 Å². The molecule has 3 rings (SSSR count). The van der Waals surface area contributed by atoms with Gasteiger partial charge in [0.15, 0.2) is 0 Å². The van der Waals surface area contributed by atoms with Gasteiger partial charge in [0.25, 0.3) is 0 Å². The number of likely N-dealkylation sites (tertiary alicyclic amines) is 2. The van der Waals surface area contributed by atoms with Crippen molar-refractivity contribution in [3.63, 3.8) is 0 Å². The fraction of sp³-hybridized carbons (Fsp3) is 0.591. The highest BCUT2D eigenvalue weighted by molar-refractivity contribution is 6.27. The van der Waals surface area contributed by atoms with Gasteiger partial charge in [0.2, 0.25) is 0 Å². The lowest BCUT2D eigenvalue weighted by Crippen LogP contribution is -2.57. The molecule has 2 saturated heterocycles. The molecule has 1 amide bonds. The normalized spacial score (nSPS) is 21.6. The van der Waals surface area contributed by atoms with Gasteiger partial charge in [-0.05, 0) is 58.6 Å². The van der Waals surface area contributed by atoms with Gasteiger partial charge < -0.3 is 19.8 Å². The van der Waals surface area contributed by atoms with Crippen molar-refractivity contribution >= 4 is 18.0 Å². The molecule has 8 heteroatoms.